The number of hydrogen-bond donors (Lipinski definition) is 3. The summed E-state index contributed by atoms with van der Waals surface area (Å²) in [6, 6.07) is 2.06. The molecule has 1 fully saturated rings. The average Bonchev–Trinajstić information content (AvgIpc) is 3.41. The van der Waals surface area contributed by atoms with Crippen LogP contribution in [0, 0.1) is 5.82 Å². The Hall–Kier alpha value is -3.99. The van der Waals surface area contributed by atoms with Crippen LogP contribution in [0.25, 0.3) is 0 Å². The van der Waals surface area contributed by atoms with Crippen molar-refractivity contribution in [2.45, 2.75) is 83.3 Å². The van der Waals surface area contributed by atoms with Gasteiger partial charge in [0.25, 0.3) is 5.91 Å². The molecule has 9 nitrogen and oxygen atoms in total. The Kier molecular flexibility index (Phi) is 12.7. The van der Waals surface area contributed by atoms with Crippen molar-refractivity contribution in [2.24, 2.45) is 0 Å². The monoisotopic (exact) mass is 661 g/mol. The molecule has 2 aromatic rings. The lowest BCUT2D eigenvalue weighted by Gasteiger charge is -2.20. The highest BCUT2D eigenvalue weighted by atomic mass is 19.4. The number of alkyl halides is 8. The van der Waals surface area contributed by atoms with Crippen LogP contribution >= 0.6 is 0 Å². The second kappa shape index (κ2) is 15.3. The van der Waals surface area contributed by atoms with Gasteiger partial charge in [-0.2, -0.15) is 18.3 Å². The molecule has 0 bridgehead atoms. The van der Waals surface area contributed by atoms with E-state index in [0.29, 0.717) is 25.0 Å². The fraction of sp³-hybridized carbons (Fsp3) is 0.556. The van der Waals surface area contributed by atoms with Crippen LogP contribution in [0.15, 0.2) is 24.4 Å². The molecule has 45 heavy (non-hydrogen) atoms. The SMILES string of the molecule is CC(C(=O)NCC(F)(F)F)c1cc(F)c(NC(=O)CNC(=O)c2ccnn2C(C)C)cc1OC(F)(F)F.FC1(F)CCCCC1. The number of halogens is 9. The Bertz CT molecular complexity index is 1320. The minimum absolute atomic E-state index is 0.118. The number of aromatic nitrogens is 2. The Morgan fingerprint density at radius 1 is 1.00 bits per heavy atom. The molecule has 1 heterocycles. The van der Waals surface area contributed by atoms with Gasteiger partial charge in [-0.25, -0.2) is 13.2 Å². The predicted molar refractivity (Wildman–Crippen MR) is 142 cm³/mol. The number of rotatable bonds is 9. The van der Waals surface area contributed by atoms with E-state index in [2.05, 4.69) is 15.2 Å². The van der Waals surface area contributed by atoms with E-state index in [9.17, 15) is 53.9 Å². The highest BCUT2D eigenvalue weighted by Gasteiger charge is 2.35. The van der Waals surface area contributed by atoms with Crippen molar-refractivity contribution in [3.63, 3.8) is 0 Å². The maximum atomic E-state index is 14.6. The minimum Gasteiger partial charge on any atom is -0.405 e. The molecule has 3 N–H and O–H groups in total. The molecule has 1 aliphatic carbocycles. The lowest BCUT2D eigenvalue weighted by molar-refractivity contribution is -0.275. The number of carbonyl (C=O) groups is 3. The maximum Gasteiger partial charge on any atom is 0.573 e. The summed E-state index contributed by atoms with van der Waals surface area (Å²) >= 11 is 0. The molecule has 1 saturated carbocycles. The zero-order chi connectivity index (χ0) is 34.2. The first-order valence-electron chi connectivity index (χ1n) is 13.6. The summed E-state index contributed by atoms with van der Waals surface area (Å²) in [6.45, 7) is 2.00. The molecular formula is C27H32F9N5O4. The van der Waals surface area contributed by atoms with Crippen LogP contribution < -0.4 is 20.7 Å². The van der Waals surface area contributed by atoms with E-state index in [1.54, 1.807) is 13.8 Å². The molecule has 1 aliphatic rings. The molecule has 3 amide bonds. The largest absolute Gasteiger partial charge is 0.573 e. The zero-order valence-corrected chi connectivity index (χ0v) is 24.3. The predicted octanol–water partition coefficient (Wildman–Crippen LogP) is 6.24. The highest BCUT2D eigenvalue weighted by Crippen LogP contribution is 2.36. The first-order chi connectivity index (χ1) is 20.7. The van der Waals surface area contributed by atoms with Crippen LogP contribution in [-0.2, 0) is 9.59 Å². The van der Waals surface area contributed by atoms with E-state index in [-0.39, 0.29) is 24.6 Å². The quantitative estimate of drug-likeness (QED) is 0.276. The van der Waals surface area contributed by atoms with E-state index < -0.39 is 78.0 Å². The molecule has 252 valence electrons. The number of anilines is 1. The molecule has 18 heteroatoms. The smallest absolute Gasteiger partial charge is 0.405 e. The Labute approximate surface area is 251 Å². The van der Waals surface area contributed by atoms with Crippen LogP contribution in [-0.4, -0.2) is 59.1 Å². The second-order valence-corrected chi connectivity index (χ2v) is 10.4. The fourth-order valence-corrected chi connectivity index (χ4v) is 4.12. The molecule has 1 aromatic heterocycles. The number of carbonyl (C=O) groups excluding carboxylic acids is 3. The molecule has 1 aromatic carbocycles. The summed E-state index contributed by atoms with van der Waals surface area (Å²) in [4.78, 5) is 36.5. The number of amides is 3. The molecule has 1 atom stereocenters. The number of nitrogens with one attached hydrogen (secondary N) is 3. The fourth-order valence-electron chi connectivity index (χ4n) is 4.12. The summed E-state index contributed by atoms with van der Waals surface area (Å²) in [7, 11) is 0. The summed E-state index contributed by atoms with van der Waals surface area (Å²) in [6.07, 6.45) is -6.08. The van der Waals surface area contributed by atoms with E-state index >= 15 is 0 Å². The van der Waals surface area contributed by atoms with Crippen molar-refractivity contribution in [1.29, 1.82) is 0 Å². The molecular weight excluding hydrogens is 629 g/mol. The molecule has 1 unspecified atom stereocenters. The van der Waals surface area contributed by atoms with Gasteiger partial charge in [0, 0.05) is 36.7 Å². The van der Waals surface area contributed by atoms with E-state index in [1.807, 2.05) is 5.32 Å². The topological polar surface area (TPSA) is 114 Å². The van der Waals surface area contributed by atoms with Gasteiger partial charge in [-0.15, -0.1) is 13.2 Å². The number of benzene rings is 1. The van der Waals surface area contributed by atoms with Gasteiger partial charge in [0.2, 0.25) is 17.7 Å². The van der Waals surface area contributed by atoms with Crippen molar-refractivity contribution in [3.05, 3.63) is 41.5 Å². The van der Waals surface area contributed by atoms with E-state index in [1.165, 1.54) is 22.3 Å². The summed E-state index contributed by atoms with van der Waals surface area (Å²) in [5.41, 5.74) is -1.39. The maximum absolute atomic E-state index is 14.6. The molecule has 0 radical (unpaired) electrons. The van der Waals surface area contributed by atoms with Crippen molar-refractivity contribution in [2.75, 3.05) is 18.4 Å². The third-order valence-corrected chi connectivity index (χ3v) is 6.31. The van der Waals surface area contributed by atoms with Crippen molar-refractivity contribution < 1.29 is 58.6 Å². The first kappa shape index (κ1) is 37.2. The van der Waals surface area contributed by atoms with Gasteiger partial charge in [-0.3, -0.25) is 19.1 Å². The lowest BCUT2D eigenvalue weighted by Crippen LogP contribution is -2.36. The van der Waals surface area contributed by atoms with Crippen LogP contribution in [0.5, 0.6) is 5.75 Å². The van der Waals surface area contributed by atoms with Crippen LogP contribution in [0.1, 0.15) is 80.9 Å². The van der Waals surface area contributed by atoms with Gasteiger partial charge in [-0.05, 0) is 45.7 Å². The number of nitrogens with zero attached hydrogens (tertiary/aromatic N) is 2. The normalized spacial score (nSPS) is 15.4. The first-order valence-corrected chi connectivity index (χ1v) is 13.6. The minimum atomic E-state index is -5.32. The standard InChI is InChI=1S/C21H22F7N5O4.C6H10F2/c1-10(2)33-15(4-5-31-33)19(36)29-8-17(34)32-14-7-16(37-21(26,27)28)12(6-13(14)22)11(3)18(35)30-9-20(23,24)25;7-6(8)4-2-1-3-5-6/h4-7,10-11H,8-9H2,1-3H3,(H,29,36)(H,30,35)(H,32,34);1-5H2. The van der Waals surface area contributed by atoms with Crippen LogP contribution in [0.2, 0.25) is 0 Å². The van der Waals surface area contributed by atoms with Crippen molar-refractivity contribution in [3.8, 4) is 5.75 Å². The second-order valence-electron chi connectivity index (χ2n) is 10.4. The van der Waals surface area contributed by atoms with Gasteiger partial charge < -0.3 is 20.7 Å². The highest BCUT2D eigenvalue weighted by molar-refractivity contribution is 5.98. The van der Waals surface area contributed by atoms with Crippen LogP contribution in [0.3, 0.4) is 0 Å². The Balaban J connectivity index is 0.000000761. The zero-order valence-electron chi connectivity index (χ0n) is 24.3. The van der Waals surface area contributed by atoms with E-state index in [0.717, 1.165) is 13.3 Å². The van der Waals surface area contributed by atoms with Gasteiger partial charge >= 0.3 is 12.5 Å². The van der Waals surface area contributed by atoms with Crippen LogP contribution in [0.4, 0.5) is 45.2 Å². The van der Waals surface area contributed by atoms with Crippen molar-refractivity contribution >= 4 is 23.4 Å². The lowest BCUT2D eigenvalue weighted by atomic mass is 9.97. The summed E-state index contributed by atoms with van der Waals surface area (Å²) < 4.78 is 120. The van der Waals surface area contributed by atoms with Gasteiger partial charge in [0.15, 0.2) is 0 Å². The summed E-state index contributed by atoms with van der Waals surface area (Å²) in [5.74, 6) is -9.51. The number of ether oxygens (including phenoxy) is 1. The Morgan fingerprint density at radius 2 is 1.62 bits per heavy atom. The summed E-state index contributed by atoms with van der Waals surface area (Å²) in [5, 5.41) is 9.66. The van der Waals surface area contributed by atoms with Crippen molar-refractivity contribution in [1.82, 2.24) is 20.4 Å². The molecule has 0 spiro atoms. The molecule has 3 rings (SSSR count). The molecule has 0 saturated heterocycles. The van der Waals surface area contributed by atoms with Gasteiger partial charge in [0.1, 0.15) is 23.8 Å². The van der Waals surface area contributed by atoms with E-state index in [4.69, 9.17) is 0 Å². The average molecular weight is 662 g/mol. The molecule has 0 aliphatic heterocycles. The van der Waals surface area contributed by atoms with Gasteiger partial charge in [-0.1, -0.05) is 6.42 Å². The third kappa shape index (κ3) is 12.5. The Morgan fingerprint density at radius 3 is 2.13 bits per heavy atom. The van der Waals surface area contributed by atoms with Gasteiger partial charge in [0.05, 0.1) is 18.2 Å². The third-order valence-electron chi connectivity index (χ3n) is 6.31. The number of hydrogen-bond acceptors (Lipinski definition) is 5.